The van der Waals surface area contributed by atoms with E-state index in [2.05, 4.69) is 4.98 Å². The standard InChI is InChI=1S/C13H9F3N2OS/c14-13(15,16)7-1-4-11-9(5-7)18-12(20-11)10-3-2-8(6-17)19-10/h1-5H,6,17H2. The van der Waals surface area contributed by atoms with Crippen LogP contribution in [-0.4, -0.2) is 4.98 Å². The Morgan fingerprint density at radius 3 is 2.65 bits per heavy atom. The Kier molecular flexibility index (Phi) is 3.02. The quantitative estimate of drug-likeness (QED) is 0.777. The summed E-state index contributed by atoms with van der Waals surface area (Å²) in [6.07, 6.45) is -4.37. The minimum Gasteiger partial charge on any atom is -0.457 e. The van der Waals surface area contributed by atoms with E-state index in [1.165, 1.54) is 17.4 Å². The molecule has 0 radical (unpaired) electrons. The number of rotatable bonds is 2. The number of nitrogens with zero attached hydrogens (tertiary/aromatic N) is 1. The van der Waals surface area contributed by atoms with Gasteiger partial charge in [-0.05, 0) is 30.3 Å². The molecule has 0 bridgehead atoms. The Hall–Kier alpha value is -1.86. The fourth-order valence-electron chi connectivity index (χ4n) is 1.81. The molecule has 0 fully saturated rings. The lowest BCUT2D eigenvalue weighted by atomic mass is 10.2. The molecule has 0 aliphatic carbocycles. The van der Waals surface area contributed by atoms with E-state index in [1.54, 1.807) is 12.1 Å². The van der Waals surface area contributed by atoms with E-state index in [0.717, 1.165) is 12.1 Å². The van der Waals surface area contributed by atoms with E-state index in [0.29, 0.717) is 26.7 Å². The Bertz CT molecular complexity index is 760. The highest BCUT2D eigenvalue weighted by Gasteiger charge is 2.30. The van der Waals surface area contributed by atoms with Crippen LogP contribution in [0, 0.1) is 0 Å². The zero-order valence-corrected chi connectivity index (χ0v) is 10.9. The molecule has 0 saturated carbocycles. The van der Waals surface area contributed by atoms with Crippen LogP contribution in [0.5, 0.6) is 0 Å². The normalized spacial score (nSPS) is 12.2. The number of hydrogen-bond donors (Lipinski definition) is 1. The van der Waals surface area contributed by atoms with Gasteiger partial charge >= 0.3 is 6.18 Å². The van der Waals surface area contributed by atoms with Crippen molar-refractivity contribution in [2.75, 3.05) is 0 Å². The first kappa shape index (κ1) is 13.1. The van der Waals surface area contributed by atoms with Crippen molar-refractivity contribution in [1.82, 2.24) is 4.98 Å². The number of hydrogen-bond acceptors (Lipinski definition) is 4. The second-order valence-electron chi connectivity index (χ2n) is 4.17. The summed E-state index contributed by atoms with van der Waals surface area (Å²) < 4.78 is 44.0. The molecule has 2 heterocycles. The second-order valence-corrected chi connectivity index (χ2v) is 5.20. The van der Waals surface area contributed by atoms with Crippen molar-refractivity contribution < 1.29 is 17.6 Å². The van der Waals surface area contributed by atoms with Crippen LogP contribution in [0.25, 0.3) is 21.0 Å². The third kappa shape index (κ3) is 2.30. The van der Waals surface area contributed by atoms with Gasteiger partial charge in [-0.25, -0.2) is 4.98 Å². The lowest BCUT2D eigenvalue weighted by molar-refractivity contribution is -0.137. The molecule has 7 heteroatoms. The van der Waals surface area contributed by atoms with Crippen molar-refractivity contribution in [3.8, 4) is 10.8 Å². The summed E-state index contributed by atoms with van der Waals surface area (Å²) in [5, 5.41) is 0.541. The molecular formula is C13H9F3N2OS. The van der Waals surface area contributed by atoms with Crippen molar-refractivity contribution in [2.45, 2.75) is 12.7 Å². The topological polar surface area (TPSA) is 52.0 Å². The molecule has 0 aliphatic heterocycles. The molecule has 104 valence electrons. The molecule has 0 atom stereocenters. The van der Waals surface area contributed by atoms with Crippen LogP contribution in [0.15, 0.2) is 34.7 Å². The lowest BCUT2D eigenvalue weighted by Crippen LogP contribution is -2.03. The maximum atomic E-state index is 12.6. The van der Waals surface area contributed by atoms with Crippen molar-refractivity contribution >= 4 is 21.6 Å². The van der Waals surface area contributed by atoms with Crippen molar-refractivity contribution in [1.29, 1.82) is 0 Å². The van der Waals surface area contributed by atoms with Gasteiger partial charge in [0.05, 0.1) is 22.3 Å². The van der Waals surface area contributed by atoms with Crippen LogP contribution >= 0.6 is 11.3 Å². The predicted molar refractivity (Wildman–Crippen MR) is 70.2 cm³/mol. The smallest absolute Gasteiger partial charge is 0.416 e. The van der Waals surface area contributed by atoms with E-state index in [4.69, 9.17) is 10.2 Å². The molecule has 0 aliphatic rings. The van der Waals surface area contributed by atoms with Gasteiger partial charge in [0.25, 0.3) is 0 Å². The van der Waals surface area contributed by atoms with Crippen LogP contribution in [-0.2, 0) is 12.7 Å². The summed E-state index contributed by atoms with van der Waals surface area (Å²) in [6.45, 7) is 0.267. The number of thiazole rings is 1. The van der Waals surface area contributed by atoms with Gasteiger partial charge in [0.2, 0.25) is 0 Å². The molecule has 2 N–H and O–H groups in total. The lowest BCUT2D eigenvalue weighted by Gasteiger charge is -2.04. The van der Waals surface area contributed by atoms with Crippen LogP contribution in [0.1, 0.15) is 11.3 Å². The summed E-state index contributed by atoms with van der Waals surface area (Å²) in [4.78, 5) is 4.19. The number of fused-ring (bicyclic) bond motifs is 1. The number of alkyl halides is 3. The van der Waals surface area contributed by atoms with Crippen LogP contribution in [0.2, 0.25) is 0 Å². The van der Waals surface area contributed by atoms with E-state index < -0.39 is 11.7 Å². The Balaban J connectivity index is 2.06. The molecule has 0 amide bonds. The molecule has 3 aromatic rings. The van der Waals surface area contributed by atoms with Crippen molar-refractivity contribution in [3.05, 3.63) is 41.7 Å². The zero-order chi connectivity index (χ0) is 14.3. The van der Waals surface area contributed by atoms with Gasteiger partial charge in [-0.2, -0.15) is 13.2 Å². The van der Waals surface area contributed by atoms with Crippen LogP contribution in [0.4, 0.5) is 13.2 Å². The Morgan fingerprint density at radius 1 is 1.20 bits per heavy atom. The average molecular weight is 298 g/mol. The SMILES string of the molecule is NCc1ccc(-c2nc3cc(C(F)(F)F)ccc3s2)o1. The molecule has 0 unspecified atom stereocenters. The first-order valence-electron chi connectivity index (χ1n) is 5.74. The number of nitrogens with two attached hydrogens (primary N) is 1. The predicted octanol–water partition coefficient (Wildman–Crippen LogP) is 4.03. The van der Waals surface area contributed by atoms with Crippen molar-refractivity contribution in [2.24, 2.45) is 5.73 Å². The number of furan rings is 1. The first-order chi connectivity index (χ1) is 9.47. The molecule has 3 nitrogen and oxygen atoms in total. The monoisotopic (exact) mass is 298 g/mol. The maximum Gasteiger partial charge on any atom is 0.416 e. The second kappa shape index (κ2) is 4.60. The number of benzene rings is 1. The van der Waals surface area contributed by atoms with Gasteiger partial charge in [0.1, 0.15) is 5.76 Å². The van der Waals surface area contributed by atoms with Crippen LogP contribution in [0.3, 0.4) is 0 Å². The Morgan fingerprint density at radius 2 is 2.00 bits per heavy atom. The summed E-state index contributed by atoms with van der Waals surface area (Å²) in [7, 11) is 0. The number of halogens is 3. The summed E-state index contributed by atoms with van der Waals surface area (Å²) in [5.74, 6) is 1.12. The van der Waals surface area contributed by atoms with E-state index in [9.17, 15) is 13.2 Å². The van der Waals surface area contributed by atoms with Gasteiger partial charge in [0.15, 0.2) is 10.8 Å². The van der Waals surface area contributed by atoms with Gasteiger partial charge < -0.3 is 10.2 Å². The average Bonchev–Trinajstić information content (AvgIpc) is 3.02. The summed E-state index contributed by atoms with van der Waals surface area (Å²) in [5.41, 5.74) is 5.05. The van der Waals surface area contributed by atoms with Gasteiger partial charge in [-0.3, -0.25) is 0 Å². The summed E-state index contributed by atoms with van der Waals surface area (Å²) in [6, 6.07) is 6.96. The van der Waals surface area contributed by atoms with Crippen LogP contribution < -0.4 is 5.73 Å². The van der Waals surface area contributed by atoms with Crippen molar-refractivity contribution in [3.63, 3.8) is 0 Å². The highest BCUT2D eigenvalue weighted by molar-refractivity contribution is 7.21. The molecule has 3 rings (SSSR count). The molecule has 20 heavy (non-hydrogen) atoms. The zero-order valence-electron chi connectivity index (χ0n) is 10.1. The molecule has 1 aromatic carbocycles. The largest absolute Gasteiger partial charge is 0.457 e. The van der Waals surface area contributed by atoms with Gasteiger partial charge in [-0.1, -0.05) is 0 Å². The molecule has 2 aromatic heterocycles. The molecule has 0 spiro atoms. The van der Waals surface area contributed by atoms with E-state index >= 15 is 0 Å². The first-order valence-corrected chi connectivity index (χ1v) is 6.56. The van der Waals surface area contributed by atoms with E-state index in [-0.39, 0.29) is 6.54 Å². The molecular weight excluding hydrogens is 289 g/mol. The maximum absolute atomic E-state index is 12.6. The van der Waals surface area contributed by atoms with E-state index in [1.807, 2.05) is 0 Å². The highest BCUT2D eigenvalue weighted by atomic mass is 32.1. The van der Waals surface area contributed by atoms with Gasteiger partial charge in [-0.15, -0.1) is 11.3 Å². The highest BCUT2D eigenvalue weighted by Crippen LogP contribution is 2.35. The Labute approximate surface area is 115 Å². The fraction of sp³-hybridized carbons (Fsp3) is 0.154. The minimum atomic E-state index is -4.37. The number of aromatic nitrogens is 1. The minimum absolute atomic E-state index is 0.267. The summed E-state index contributed by atoms with van der Waals surface area (Å²) >= 11 is 1.28. The van der Waals surface area contributed by atoms with Gasteiger partial charge in [0, 0.05) is 0 Å². The third-order valence-electron chi connectivity index (χ3n) is 2.79. The molecule has 0 saturated heterocycles. The fourth-order valence-corrected chi connectivity index (χ4v) is 2.72. The third-order valence-corrected chi connectivity index (χ3v) is 3.84.